The molecule has 0 aliphatic rings. The van der Waals surface area contributed by atoms with E-state index in [-0.39, 0.29) is 0 Å². The van der Waals surface area contributed by atoms with E-state index in [4.69, 9.17) is 0 Å². The molecule has 0 bridgehead atoms. The molecule has 0 nitrogen and oxygen atoms in total. The van der Waals surface area contributed by atoms with Crippen molar-refractivity contribution in [2.24, 2.45) is 11.8 Å². The molecule has 0 unspecified atom stereocenters. The van der Waals surface area contributed by atoms with Gasteiger partial charge in [-0.15, -0.1) is 0 Å². The average Bonchev–Trinajstić information content (AvgIpc) is 2.25. The predicted molar refractivity (Wildman–Crippen MR) is 73.3 cm³/mol. The number of hydrogen-bond donors (Lipinski definition) is 0. The number of allylic oxidation sites excluding steroid dienone is 2. The zero-order chi connectivity index (χ0) is 12.1. The van der Waals surface area contributed by atoms with Gasteiger partial charge in [0.15, 0.2) is 0 Å². The first-order valence-corrected chi connectivity index (χ1v) is 6.36. The van der Waals surface area contributed by atoms with Crippen LogP contribution in [0.3, 0.4) is 0 Å². The molecule has 0 radical (unpaired) electrons. The highest BCUT2D eigenvalue weighted by Gasteiger charge is 2.14. The summed E-state index contributed by atoms with van der Waals surface area (Å²) in [5, 5.41) is 0. The molecule has 0 aliphatic heterocycles. The maximum Gasteiger partial charge on any atom is -0.0225 e. The minimum atomic E-state index is 0.634. The SMILES string of the molecule is CCC(=C(C(C)C)C(C)C)c1ccccc1. The molecular weight excluding hydrogens is 192 g/mol. The van der Waals surface area contributed by atoms with Gasteiger partial charge in [-0.2, -0.15) is 0 Å². The normalized spacial score (nSPS) is 10.9. The summed E-state index contributed by atoms with van der Waals surface area (Å²) in [6.45, 7) is 11.5. The molecule has 0 fully saturated rings. The van der Waals surface area contributed by atoms with Gasteiger partial charge in [0.2, 0.25) is 0 Å². The minimum absolute atomic E-state index is 0.634. The van der Waals surface area contributed by atoms with Crippen LogP contribution in [0.2, 0.25) is 0 Å². The molecule has 0 saturated carbocycles. The van der Waals surface area contributed by atoms with E-state index in [1.165, 1.54) is 11.1 Å². The topological polar surface area (TPSA) is 0 Å². The van der Waals surface area contributed by atoms with Crippen LogP contribution in [0.15, 0.2) is 35.9 Å². The average molecular weight is 216 g/mol. The molecule has 0 heteroatoms. The first-order valence-electron chi connectivity index (χ1n) is 6.36. The molecule has 1 aromatic rings. The summed E-state index contributed by atoms with van der Waals surface area (Å²) >= 11 is 0. The maximum absolute atomic E-state index is 2.30. The van der Waals surface area contributed by atoms with Crippen LogP contribution in [0.5, 0.6) is 0 Å². The molecule has 0 spiro atoms. The van der Waals surface area contributed by atoms with Crippen LogP contribution in [-0.2, 0) is 0 Å². The van der Waals surface area contributed by atoms with Gasteiger partial charge in [-0.1, -0.05) is 70.5 Å². The molecule has 0 aromatic heterocycles. The van der Waals surface area contributed by atoms with E-state index in [1.54, 1.807) is 5.57 Å². The summed E-state index contributed by atoms with van der Waals surface area (Å²) in [5.41, 5.74) is 4.53. The van der Waals surface area contributed by atoms with Crippen LogP contribution in [0.25, 0.3) is 5.57 Å². The second-order valence-electron chi connectivity index (χ2n) is 4.96. The van der Waals surface area contributed by atoms with Crippen molar-refractivity contribution in [2.45, 2.75) is 41.0 Å². The van der Waals surface area contributed by atoms with Gasteiger partial charge >= 0.3 is 0 Å². The Morgan fingerprint density at radius 1 is 0.938 bits per heavy atom. The second kappa shape index (κ2) is 5.89. The summed E-state index contributed by atoms with van der Waals surface area (Å²) in [7, 11) is 0. The van der Waals surface area contributed by atoms with Gasteiger partial charge in [-0.3, -0.25) is 0 Å². The van der Waals surface area contributed by atoms with Gasteiger partial charge in [0.25, 0.3) is 0 Å². The number of benzene rings is 1. The first kappa shape index (κ1) is 13.0. The molecule has 1 rings (SSSR count). The zero-order valence-electron chi connectivity index (χ0n) is 11.2. The molecule has 16 heavy (non-hydrogen) atoms. The quantitative estimate of drug-likeness (QED) is 0.652. The fourth-order valence-electron chi connectivity index (χ4n) is 2.58. The number of hydrogen-bond acceptors (Lipinski definition) is 0. The lowest BCUT2D eigenvalue weighted by molar-refractivity contribution is 0.626. The van der Waals surface area contributed by atoms with Crippen molar-refractivity contribution >= 4 is 5.57 Å². The van der Waals surface area contributed by atoms with E-state index >= 15 is 0 Å². The summed E-state index contributed by atoms with van der Waals surface area (Å²) in [6.07, 6.45) is 1.12. The van der Waals surface area contributed by atoms with Gasteiger partial charge < -0.3 is 0 Å². The summed E-state index contributed by atoms with van der Waals surface area (Å²) < 4.78 is 0. The molecule has 0 amide bonds. The van der Waals surface area contributed by atoms with Gasteiger partial charge in [0.1, 0.15) is 0 Å². The van der Waals surface area contributed by atoms with Crippen molar-refractivity contribution in [3.63, 3.8) is 0 Å². The lowest BCUT2D eigenvalue weighted by Crippen LogP contribution is -2.06. The maximum atomic E-state index is 2.30. The standard InChI is InChI=1S/C16H24/c1-6-15(14-10-8-7-9-11-14)16(12(2)3)13(4)5/h7-13H,6H2,1-5H3. The van der Waals surface area contributed by atoms with E-state index < -0.39 is 0 Å². The second-order valence-corrected chi connectivity index (χ2v) is 4.96. The molecule has 88 valence electrons. The Balaban J connectivity index is 3.26. The Labute approximate surface area is 100 Å². The molecule has 0 aliphatic carbocycles. The van der Waals surface area contributed by atoms with Crippen molar-refractivity contribution in [2.75, 3.05) is 0 Å². The van der Waals surface area contributed by atoms with Crippen molar-refractivity contribution < 1.29 is 0 Å². The van der Waals surface area contributed by atoms with Crippen molar-refractivity contribution in [3.8, 4) is 0 Å². The largest absolute Gasteiger partial charge is 0.0622 e. The Bertz CT molecular complexity index is 332. The van der Waals surface area contributed by atoms with Gasteiger partial charge in [0.05, 0.1) is 0 Å². The van der Waals surface area contributed by atoms with E-state index in [1.807, 2.05) is 0 Å². The Hall–Kier alpha value is -1.04. The van der Waals surface area contributed by atoms with Crippen LogP contribution in [0.4, 0.5) is 0 Å². The third-order valence-corrected chi connectivity index (χ3v) is 3.07. The van der Waals surface area contributed by atoms with E-state index in [0.29, 0.717) is 11.8 Å². The predicted octanol–water partition coefficient (Wildman–Crippen LogP) is 5.16. The molecular formula is C16H24. The summed E-state index contributed by atoms with van der Waals surface area (Å²) in [4.78, 5) is 0. The zero-order valence-corrected chi connectivity index (χ0v) is 11.2. The van der Waals surface area contributed by atoms with Gasteiger partial charge in [0, 0.05) is 0 Å². The van der Waals surface area contributed by atoms with Crippen LogP contribution in [-0.4, -0.2) is 0 Å². The Morgan fingerprint density at radius 3 is 1.81 bits per heavy atom. The van der Waals surface area contributed by atoms with E-state index in [2.05, 4.69) is 65.0 Å². The monoisotopic (exact) mass is 216 g/mol. The summed E-state index contributed by atoms with van der Waals surface area (Å²) in [5.74, 6) is 1.27. The highest BCUT2D eigenvalue weighted by atomic mass is 14.2. The van der Waals surface area contributed by atoms with Crippen molar-refractivity contribution in [3.05, 3.63) is 41.5 Å². The smallest absolute Gasteiger partial charge is 0.0225 e. The fraction of sp³-hybridized carbons (Fsp3) is 0.500. The Kier molecular flexibility index (Phi) is 4.79. The van der Waals surface area contributed by atoms with Crippen molar-refractivity contribution in [1.82, 2.24) is 0 Å². The van der Waals surface area contributed by atoms with Crippen LogP contribution in [0.1, 0.15) is 46.6 Å². The highest BCUT2D eigenvalue weighted by molar-refractivity contribution is 5.69. The first-order chi connectivity index (χ1) is 7.57. The summed E-state index contributed by atoms with van der Waals surface area (Å²) in [6, 6.07) is 10.8. The molecule has 0 N–H and O–H groups in total. The molecule has 1 aromatic carbocycles. The number of rotatable bonds is 4. The third-order valence-electron chi connectivity index (χ3n) is 3.07. The lowest BCUT2D eigenvalue weighted by atomic mass is 9.84. The lowest BCUT2D eigenvalue weighted by Gasteiger charge is -2.21. The molecule has 0 heterocycles. The van der Waals surface area contributed by atoms with E-state index in [0.717, 1.165) is 6.42 Å². The Morgan fingerprint density at radius 2 is 1.44 bits per heavy atom. The van der Waals surface area contributed by atoms with E-state index in [9.17, 15) is 0 Å². The van der Waals surface area contributed by atoms with Gasteiger partial charge in [-0.25, -0.2) is 0 Å². The fourth-order valence-corrected chi connectivity index (χ4v) is 2.58. The molecule has 0 atom stereocenters. The van der Waals surface area contributed by atoms with Gasteiger partial charge in [-0.05, 0) is 29.4 Å². The van der Waals surface area contributed by atoms with Crippen LogP contribution < -0.4 is 0 Å². The minimum Gasteiger partial charge on any atom is -0.0622 e. The molecule has 0 saturated heterocycles. The van der Waals surface area contributed by atoms with Crippen molar-refractivity contribution in [1.29, 1.82) is 0 Å². The van der Waals surface area contributed by atoms with Crippen LogP contribution >= 0.6 is 0 Å². The van der Waals surface area contributed by atoms with Crippen LogP contribution in [0, 0.1) is 11.8 Å². The third kappa shape index (κ3) is 2.98. The highest BCUT2D eigenvalue weighted by Crippen LogP contribution is 2.31.